The molecule has 1 aliphatic rings. The maximum absolute atomic E-state index is 4.96. The van der Waals surface area contributed by atoms with Gasteiger partial charge in [-0.3, -0.25) is 0 Å². The summed E-state index contributed by atoms with van der Waals surface area (Å²) in [5, 5.41) is 10.1. The topological polar surface area (TPSA) is 28.5 Å². The highest BCUT2D eigenvalue weighted by Crippen LogP contribution is 2.38. The lowest BCUT2D eigenvalue weighted by atomic mass is 9.96. The Bertz CT molecular complexity index is 883. The average molecular weight is 333 g/mol. The lowest BCUT2D eigenvalue weighted by Crippen LogP contribution is -2.18. The third kappa shape index (κ3) is 2.74. The van der Waals surface area contributed by atoms with E-state index in [0.29, 0.717) is 0 Å². The largest absolute Gasteiger partial charge is 0.231 e. The van der Waals surface area contributed by atoms with Crippen LogP contribution in [0.4, 0.5) is 5.13 Å². The molecule has 3 aromatic rings. The first kappa shape index (κ1) is 15.1. The summed E-state index contributed by atoms with van der Waals surface area (Å²) >= 11 is 1.65. The average Bonchev–Trinajstić information content (AvgIpc) is 3.22. The number of anilines is 1. The molecule has 3 nitrogen and oxygen atoms in total. The van der Waals surface area contributed by atoms with Crippen LogP contribution in [0.25, 0.3) is 0 Å². The molecule has 24 heavy (non-hydrogen) atoms. The second-order valence-corrected chi connectivity index (χ2v) is 6.94. The summed E-state index contributed by atoms with van der Waals surface area (Å²) in [5.74, 6) is 0. The van der Waals surface area contributed by atoms with Crippen molar-refractivity contribution in [2.24, 2.45) is 5.10 Å². The fraction of sp³-hybridized carbons (Fsp3) is 0.200. The molecule has 1 aromatic heterocycles. The minimum Gasteiger partial charge on any atom is -0.231 e. The van der Waals surface area contributed by atoms with Crippen molar-refractivity contribution in [1.82, 2.24) is 4.98 Å². The number of aromatic nitrogens is 1. The van der Waals surface area contributed by atoms with Gasteiger partial charge in [0.25, 0.3) is 0 Å². The van der Waals surface area contributed by atoms with Crippen molar-refractivity contribution >= 4 is 22.2 Å². The fourth-order valence-corrected chi connectivity index (χ4v) is 3.93. The molecule has 0 fully saturated rings. The highest BCUT2D eigenvalue weighted by molar-refractivity contribution is 7.13. The van der Waals surface area contributed by atoms with Crippen molar-refractivity contribution in [3.05, 3.63) is 82.4 Å². The molecule has 4 rings (SSSR count). The number of rotatable bonds is 3. The van der Waals surface area contributed by atoms with Gasteiger partial charge in [0.15, 0.2) is 0 Å². The second kappa shape index (κ2) is 6.21. The first-order valence-electron chi connectivity index (χ1n) is 8.12. The number of hydrazone groups is 1. The normalized spacial score (nSPS) is 17.2. The molecular weight excluding hydrogens is 314 g/mol. The zero-order valence-corrected chi connectivity index (χ0v) is 14.6. The van der Waals surface area contributed by atoms with Crippen molar-refractivity contribution in [2.75, 3.05) is 5.01 Å². The Labute approximate surface area is 146 Å². The van der Waals surface area contributed by atoms with E-state index in [-0.39, 0.29) is 6.04 Å². The lowest BCUT2D eigenvalue weighted by Gasteiger charge is -2.21. The number of aryl methyl sites for hydroxylation is 2. The van der Waals surface area contributed by atoms with Crippen LogP contribution in [0.5, 0.6) is 0 Å². The number of thiazole rings is 1. The van der Waals surface area contributed by atoms with E-state index in [1.54, 1.807) is 11.3 Å². The standard InChI is InChI=1S/C20H19N3S/c1-14-8-6-7-11-17(14)18-12-19(16-9-4-3-5-10-16)23(22-18)20-21-15(2)13-24-20/h3-11,13,19H,12H2,1-2H3. The zero-order chi connectivity index (χ0) is 16.5. The predicted octanol–water partition coefficient (Wildman–Crippen LogP) is 5.12. The van der Waals surface area contributed by atoms with Gasteiger partial charge in [-0.15, -0.1) is 11.3 Å². The Kier molecular flexibility index (Phi) is 3.90. The van der Waals surface area contributed by atoms with Crippen molar-refractivity contribution < 1.29 is 0 Å². The van der Waals surface area contributed by atoms with Gasteiger partial charge in [0.1, 0.15) is 0 Å². The van der Waals surface area contributed by atoms with E-state index in [1.165, 1.54) is 16.7 Å². The van der Waals surface area contributed by atoms with Gasteiger partial charge in [-0.05, 0) is 25.0 Å². The molecule has 120 valence electrons. The quantitative estimate of drug-likeness (QED) is 0.666. The number of benzene rings is 2. The van der Waals surface area contributed by atoms with Crippen LogP contribution in [0.3, 0.4) is 0 Å². The van der Waals surface area contributed by atoms with E-state index in [2.05, 4.69) is 76.9 Å². The molecule has 0 spiro atoms. The predicted molar refractivity (Wildman–Crippen MR) is 101 cm³/mol. The van der Waals surface area contributed by atoms with Gasteiger partial charge >= 0.3 is 0 Å². The SMILES string of the molecule is Cc1csc(N2N=C(c3ccccc3C)CC2c2ccccc2)n1. The van der Waals surface area contributed by atoms with Gasteiger partial charge in [0.2, 0.25) is 5.13 Å². The summed E-state index contributed by atoms with van der Waals surface area (Å²) in [6.07, 6.45) is 0.896. The van der Waals surface area contributed by atoms with Crippen LogP contribution >= 0.6 is 11.3 Å². The van der Waals surface area contributed by atoms with E-state index in [9.17, 15) is 0 Å². The summed E-state index contributed by atoms with van der Waals surface area (Å²) in [5.41, 5.74) is 5.95. The summed E-state index contributed by atoms with van der Waals surface area (Å²) in [4.78, 5) is 4.66. The smallest absolute Gasteiger partial charge is 0.206 e. The third-order valence-electron chi connectivity index (χ3n) is 4.35. The van der Waals surface area contributed by atoms with E-state index in [0.717, 1.165) is 23.0 Å². The van der Waals surface area contributed by atoms with Gasteiger partial charge in [-0.2, -0.15) is 5.10 Å². The monoisotopic (exact) mass is 333 g/mol. The number of hydrogen-bond acceptors (Lipinski definition) is 4. The maximum Gasteiger partial charge on any atom is 0.206 e. The number of hydrogen-bond donors (Lipinski definition) is 0. The first-order valence-corrected chi connectivity index (χ1v) is 9.00. The van der Waals surface area contributed by atoms with Crippen LogP contribution in [0.1, 0.15) is 34.8 Å². The highest BCUT2D eigenvalue weighted by Gasteiger charge is 2.31. The molecule has 0 bridgehead atoms. The molecular formula is C20H19N3S. The summed E-state index contributed by atoms with van der Waals surface area (Å²) in [6, 6.07) is 19.2. The minimum absolute atomic E-state index is 0.200. The van der Waals surface area contributed by atoms with Gasteiger partial charge in [0.05, 0.1) is 17.4 Å². The molecule has 0 aliphatic carbocycles. The Morgan fingerprint density at radius 1 is 1.00 bits per heavy atom. The van der Waals surface area contributed by atoms with Crippen LogP contribution in [0.15, 0.2) is 65.1 Å². The molecule has 0 amide bonds. The molecule has 1 unspecified atom stereocenters. The van der Waals surface area contributed by atoms with E-state index < -0.39 is 0 Å². The van der Waals surface area contributed by atoms with Crippen molar-refractivity contribution in [2.45, 2.75) is 26.3 Å². The molecule has 1 atom stereocenters. The molecule has 0 radical (unpaired) electrons. The Hall–Kier alpha value is -2.46. The van der Waals surface area contributed by atoms with Gasteiger partial charge in [0, 0.05) is 17.4 Å². The van der Waals surface area contributed by atoms with Gasteiger partial charge < -0.3 is 0 Å². The summed E-state index contributed by atoms with van der Waals surface area (Å²) < 4.78 is 0. The highest BCUT2D eigenvalue weighted by atomic mass is 32.1. The van der Waals surface area contributed by atoms with Crippen LogP contribution < -0.4 is 5.01 Å². The van der Waals surface area contributed by atoms with Crippen LogP contribution in [0.2, 0.25) is 0 Å². The van der Waals surface area contributed by atoms with Gasteiger partial charge in [-0.1, -0.05) is 54.6 Å². The van der Waals surface area contributed by atoms with Gasteiger partial charge in [-0.25, -0.2) is 9.99 Å². The molecule has 4 heteroatoms. The van der Waals surface area contributed by atoms with Crippen LogP contribution in [-0.4, -0.2) is 10.7 Å². The third-order valence-corrected chi connectivity index (χ3v) is 5.30. The fourth-order valence-electron chi connectivity index (χ4n) is 3.13. The Balaban J connectivity index is 1.77. The number of nitrogens with zero attached hydrogens (tertiary/aromatic N) is 3. The zero-order valence-electron chi connectivity index (χ0n) is 13.8. The molecule has 0 saturated heterocycles. The van der Waals surface area contributed by atoms with Crippen LogP contribution in [0, 0.1) is 13.8 Å². The van der Waals surface area contributed by atoms with Crippen LogP contribution in [-0.2, 0) is 0 Å². The van der Waals surface area contributed by atoms with Crippen molar-refractivity contribution in [3.63, 3.8) is 0 Å². The first-order chi connectivity index (χ1) is 11.7. The Morgan fingerprint density at radius 3 is 2.46 bits per heavy atom. The Morgan fingerprint density at radius 2 is 1.75 bits per heavy atom. The molecule has 0 saturated carbocycles. The van der Waals surface area contributed by atoms with Crippen molar-refractivity contribution in [1.29, 1.82) is 0 Å². The van der Waals surface area contributed by atoms with E-state index in [1.807, 2.05) is 6.92 Å². The van der Waals surface area contributed by atoms with E-state index in [4.69, 9.17) is 5.10 Å². The van der Waals surface area contributed by atoms with Crippen molar-refractivity contribution in [3.8, 4) is 0 Å². The molecule has 1 aliphatic heterocycles. The lowest BCUT2D eigenvalue weighted by molar-refractivity contribution is 0.705. The molecule has 2 heterocycles. The second-order valence-electron chi connectivity index (χ2n) is 6.11. The molecule has 0 N–H and O–H groups in total. The van der Waals surface area contributed by atoms with E-state index >= 15 is 0 Å². The summed E-state index contributed by atoms with van der Waals surface area (Å²) in [7, 11) is 0. The maximum atomic E-state index is 4.96. The minimum atomic E-state index is 0.200. The summed E-state index contributed by atoms with van der Waals surface area (Å²) in [6.45, 7) is 4.17. The molecule has 2 aromatic carbocycles.